The van der Waals surface area contributed by atoms with E-state index in [0.29, 0.717) is 34.3 Å². The fourth-order valence-corrected chi connectivity index (χ4v) is 3.52. The van der Waals surface area contributed by atoms with Crippen LogP contribution in [0.4, 0.5) is 5.69 Å². The van der Waals surface area contributed by atoms with Crippen LogP contribution in [-0.2, 0) is 16.1 Å². The Bertz CT molecular complexity index is 1180. The van der Waals surface area contributed by atoms with Crippen LogP contribution in [0.3, 0.4) is 0 Å². The summed E-state index contributed by atoms with van der Waals surface area (Å²) in [6.07, 6.45) is 0. The van der Waals surface area contributed by atoms with E-state index in [-0.39, 0.29) is 37.4 Å². The van der Waals surface area contributed by atoms with Crippen molar-refractivity contribution in [3.8, 4) is 11.5 Å². The van der Waals surface area contributed by atoms with Gasteiger partial charge < -0.3 is 14.8 Å². The summed E-state index contributed by atoms with van der Waals surface area (Å²) in [7, 11) is 0. The summed E-state index contributed by atoms with van der Waals surface area (Å²) in [6.45, 7) is -0.241. The zero-order chi connectivity index (χ0) is 23.2. The molecule has 0 spiro atoms. The van der Waals surface area contributed by atoms with Crippen molar-refractivity contribution in [3.05, 3.63) is 88.9 Å². The van der Waals surface area contributed by atoms with E-state index in [9.17, 15) is 14.4 Å². The van der Waals surface area contributed by atoms with E-state index >= 15 is 0 Å². The van der Waals surface area contributed by atoms with Crippen molar-refractivity contribution in [1.29, 1.82) is 0 Å². The minimum atomic E-state index is -0.366. The smallest absolute Gasteiger partial charge is 0.265 e. The standard InChI is InChI=1S/C25H21ClN2O5/c26-19-8-4-5-9-22(19)32-15-21(29)18-10-11-23-20(12-18)28(25(31)16-33-23)14-24(30)27-13-17-6-2-1-3-7-17/h1-12H,13-16H2,(H,27,30). The molecule has 1 aliphatic rings. The molecule has 7 nitrogen and oxygen atoms in total. The molecule has 0 radical (unpaired) electrons. The minimum absolute atomic E-state index is 0.179. The summed E-state index contributed by atoms with van der Waals surface area (Å²) in [4.78, 5) is 39.0. The lowest BCUT2D eigenvalue weighted by atomic mass is 10.1. The van der Waals surface area contributed by atoms with Gasteiger partial charge in [0.2, 0.25) is 5.91 Å². The number of ketones is 1. The molecule has 1 heterocycles. The van der Waals surface area contributed by atoms with E-state index in [1.165, 1.54) is 11.0 Å². The minimum Gasteiger partial charge on any atom is -0.484 e. The molecule has 1 aliphatic heterocycles. The fraction of sp³-hybridized carbons (Fsp3) is 0.160. The highest BCUT2D eigenvalue weighted by molar-refractivity contribution is 6.32. The van der Waals surface area contributed by atoms with Crippen LogP contribution < -0.4 is 19.7 Å². The lowest BCUT2D eigenvalue weighted by Crippen LogP contribution is -2.45. The van der Waals surface area contributed by atoms with Crippen LogP contribution in [0.5, 0.6) is 11.5 Å². The average molecular weight is 465 g/mol. The normalized spacial score (nSPS) is 12.5. The Morgan fingerprint density at radius 3 is 2.58 bits per heavy atom. The Kier molecular flexibility index (Phi) is 6.90. The van der Waals surface area contributed by atoms with Crippen molar-refractivity contribution in [2.75, 3.05) is 24.7 Å². The van der Waals surface area contributed by atoms with E-state index < -0.39 is 0 Å². The number of carbonyl (C=O) groups is 3. The maximum Gasteiger partial charge on any atom is 0.265 e. The predicted molar refractivity (Wildman–Crippen MR) is 124 cm³/mol. The molecule has 0 saturated heterocycles. The highest BCUT2D eigenvalue weighted by Gasteiger charge is 2.28. The van der Waals surface area contributed by atoms with Crippen LogP contribution in [0.2, 0.25) is 5.02 Å². The van der Waals surface area contributed by atoms with Crippen LogP contribution in [-0.4, -0.2) is 37.4 Å². The quantitative estimate of drug-likeness (QED) is 0.514. The molecule has 3 aromatic carbocycles. The van der Waals surface area contributed by atoms with Crippen molar-refractivity contribution in [3.63, 3.8) is 0 Å². The number of para-hydroxylation sites is 1. The summed E-state index contributed by atoms with van der Waals surface area (Å²) in [5.74, 6) is -0.160. The molecule has 1 N–H and O–H groups in total. The van der Waals surface area contributed by atoms with Crippen LogP contribution in [0.25, 0.3) is 0 Å². The fourth-order valence-electron chi connectivity index (χ4n) is 3.33. The molecular weight excluding hydrogens is 444 g/mol. The van der Waals surface area contributed by atoms with E-state index in [1.807, 2.05) is 30.3 Å². The van der Waals surface area contributed by atoms with E-state index in [1.54, 1.807) is 36.4 Å². The van der Waals surface area contributed by atoms with Crippen LogP contribution in [0, 0.1) is 0 Å². The van der Waals surface area contributed by atoms with Gasteiger partial charge in [0.15, 0.2) is 19.0 Å². The van der Waals surface area contributed by atoms with Crippen molar-refractivity contribution < 1.29 is 23.9 Å². The maximum absolute atomic E-state index is 12.7. The molecule has 0 aliphatic carbocycles. The maximum atomic E-state index is 12.7. The third-order valence-electron chi connectivity index (χ3n) is 5.05. The summed E-state index contributed by atoms with van der Waals surface area (Å²) in [5, 5.41) is 3.21. The number of Topliss-reactive ketones (excluding diaryl/α,β-unsaturated/α-hetero) is 1. The zero-order valence-electron chi connectivity index (χ0n) is 17.6. The second kappa shape index (κ2) is 10.2. The number of hydrogen-bond donors (Lipinski definition) is 1. The molecule has 0 atom stereocenters. The Morgan fingerprint density at radius 2 is 1.79 bits per heavy atom. The summed E-state index contributed by atoms with van der Waals surface area (Å²) in [5.41, 5.74) is 1.64. The van der Waals surface area contributed by atoms with Gasteiger partial charge in [-0.3, -0.25) is 19.3 Å². The highest BCUT2D eigenvalue weighted by atomic mass is 35.5. The third kappa shape index (κ3) is 5.51. The lowest BCUT2D eigenvalue weighted by Gasteiger charge is -2.29. The molecule has 2 amide bonds. The Labute approximate surface area is 195 Å². The molecular formula is C25H21ClN2O5. The molecule has 33 heavy (non-hydrogen) atoms. The first-order valence-corrected chi connectivity index (χ1v) is 10.7. The van der Waals surface area contributed by atoms with Gasteiger partial charge in [-0.05, 0) is 35.9 Å². The summed E-state index contributed by atoms with van der Waals surface area (Å²) >= 11 is 6.06. The van der Waals surface area contributed by atoms with Crippen molar-refractivity contribution in [2.45, 2.75) is 6.54 Å². The van der Waals surface area contributed by atoms with E-state index in [2.05, 4.69) is 5.32 Å². The van der Waals surface area contributed by atoms with Crippen molar-refractivity contribution >= 4 is 34.9 Å². The number of nitrogens with zero attached hydrogens (tertiary/aromatic N) is 1. The van der Waals surface area contributed by atoms with E-state index in [0.717, 1.165) is 5.56 Å². The number of amides is 2. The Balaban J connectivity index is 1.45. The van der Waals surface area contributed by atoms with Gasteiger partial charge in [-0.1, -0.05) is 54.1 Å². The van der Waals surface area contributed by atoms with Crippen molar-refractivity contribution in [2.24, 2.45) is 0 Å². The number of benzene rings is 3. The molecule has 0 bridgehead atoms. The first-order chi connectivity index (χ1) is 16.0. The summed E-state index contributed by atoms with van der Waals surface area (Å²) in [6, 6.07) is 21.1. The van der Waals surface area contributed by atoms with Crippen LogP contribution >= 0.6 is 11.6 Å². The molecule has 0 aromatic heterocycles. The molecule has 8 heteroatoms. The van der Waals surface area contributed by atoms with Gasteiger partial charge in [0, 0.05) is 12.1 Å². The average Bonchev–Trinajstić information content (AvgIpc) is 2.84. The SMILES string of the molecule is O=C(CN1C(=O)COc2ccc(C(=O)COc3ccccc3Cl)cc21)NCc1ccccc1. The Hall–Kier alpha value is -3.84. The van der Waals surface area contributed by atoms with Gasteiger partial charge in [0.25, 0.3) is 5.91 Å². The molecule has 3 aromatic rings. The lowest BCUT2D eigenvalue weighted by molar-refractivity contribution is -0.125. The summed E-state index contributed by atoms with van der Waals surface area (Å²) < 4.78 is 11.0. The van der Waals surface area contributed by atoms with Gasteiger partial charge in [-0.25, -0.2) is 0 Å². The second-order valence-electron chi connectivity index (χ2n) is 7.36. The zero-order valence-corrected chi connectivity index (χ0v) is 18.4. The third-order valence-corrected chi connectivity index (χ3v) is 5.37. The van der Waals surface area contributed by atoms with Gasteiger partial charge in [-0.2, -0.15) is 0 Å². The first-order valence-electron chi connectivity index (χ1n) is 10.3. The molecule has 0 unspecified atom stereocenters. The molecule has 0 saturated carbocycles. The monoisotopic (exact) mass is 464 g/mol. The molecule has 168 valence electrons. The number of nitrogens with one attached hydrogen (secondary N) is 1. The van der Waals surface area contributed by atoms with E-state index in [4.69, 9.17) is 21.1 Å². The topological polar surface area (TPSA) is 84.9 Å². The van der Waals surface area contributed by atoms with Crippen LogP contribution in [0.15, 0.2) is 72.8 Å². The number of rotatable bonds is 8. The van der Waals surface area contributed by atoms with Crippen molar-refractivity contribution in [1.82, 2.24) is 5.32 Å². The number of fused-ring (bicyclic) bond motifs is 1. The number of halogens is 1. The number of ether oxygens (including phenoxy) is 2. The largest absolute Gasteiger partial charge is 0.484 e. The van der Waals surface area contributed by atoms with Crippen LogP contribution in [0.1, 0.15) is 15.9 Å². The second-order valence-corrected chi connectivity index (χ2v) is 7.76. The van der Waals surface area contributed by atoms with Gasteiger partial charge >= 0.3 is 0 Å². The highest BCUT2D eigenvalue weighted by Crippen LogP contribution is 2.33. The Morgan fingerprint density at radius 1 is 1.03 bits per heavy atom. The predicted octanol–water partition coefficient (Wildman–Crippen LogP) is 3.64. The number of anilines is 1. The number of hydrogen-bond acceptors (Lipinski definition) is 5. The number of carbonyl (C=O) groups excluding carboxylic acids is 3. The molecule has 4 rings (SSSR count). The first kappa shape index (κ1) is 22.4. The van der Waals surface area contributed by atoms with Gasteiger partial charge in [-0.15, -0.1) is 0 Å². The molecule has 0 fully saturated rings. The van der Waals surface area contributed by atoms with Gasteiger partial charge in [0.05, 0.1) is 10.7 Å². The van der Waals surface area contributed by atoms with Gasteiger partial charge in [0.1, 0.15) is 18.0 Å².